The normalized spacial score (nSPS) is 10.6. The number of aromatic hydroxyl groups is 1. The number of aromatic nitrogens is 1. The molecule has 0 aliphatic rings. The minimum Gasteiger partial charge on any atom is -0.506 e. The Morgan fingerprint density at radius 3 is 2.60 bits per heavy atom. The standard InChI is InChI=1S/C11H10ClNO2/c1-6-11(7(2)15-13-6)8-3-4-9(12)10(14)5-8/h3-5,14H,1-2H3. The molecule has 0 unspecified atom stereocenters. The van der Waals surface area contributed by atoms with Crippen LogP contribution in [0.3, 0.4) is 0 Å². The number of nitrogens with zero attached hydrogens (tertiary/aromatic N) is 1. The molecule has 0 saturated heterocycles. The zero-order chi connectivity index (χ0) is 11.0. The minimum absolute atomic E-state index is 0.0640. The van der Waals surface area contributed by atoms with Crippen LogP contribution in [-0.4, -0.2) is 10.3 Å². The molecule has 15 heavy (non-hydrogen) atoms. The number of phenols is 1. The number of rotatable bonds is 1. The van der Waals surface area contributed by atoms with E-state index in [0.29, 0.717) is 5.02 Å². The van der Waals surface area contributed by atoms with Crippen LogP contribution in [0.2, 0.25) is 5.02 Å². The maximum atomic E-state index is 9.50. The summed E-state index contributed by atoms with van der Waals surface area (Å²) in [6, 6.07) is 5.08. The Kier molecular flexibility index (Phi) is 2.40. The van der Waals surface area contributed by atoms with Crippen molar-refractivity contribution in [3.8, 4) is 16.9 Å². The molecule has 0 amide bonds. The van der Waals surface area contributed by atoms with Crippen LogP contribution in [0.15, 0.2) is 22.7 Å². The molecule has 0 bridgehead atoms. The summed E-state index contributed by atoms with van der Waals surface area (Å²) < 4.78 is 5.06. The fraction of sp³-hybridized carbons (Fsp3) is 0.182. The van der Waals surface area contributed by atoms with Gasteiger partial charge in [-0.15, -0.1) is 0 Å². The quantitative estimate of drug-likeness (QED) is 0.807. The highest BCUT2D eigenvalue weighted by molar-refractivity contribution is 6.32. The first-order chi connectivity index (χ1) is 7.09. The second-order valence-electron chi connectivity index (χ2n) is 3.37. The Balaban J connectivity index is 2.59. The molecule has 2 rings (SSSR count). The molecule has 0 aliphatic heterocycles. The van der Waals surface area contributed by atoms with Crippen molar-refractivity contribution in [2.75, 3.05) is 0 Å². The van der Waals surface area contributed by atoms with Crippen LogP contribution < -0.4 is 0 Å². The molecule has 78 valence electrons. The number of phenolic OH excluding ortho intramolecular Hbond substituents is 1. The van der Waals surface area contributed by atoms with Gasteiger partial charge in [0.1, 0.15) is 11.5 Å². The highest BCUT2D eigenvalue weighted by atomic mass is 35.5. The van der Waals surface area contributed by atoms with Crippen LogP contribution >= 0.6 is 11.6 Å². The molecule has 0 saturated carbocycles. The molecular weight excluding hydrogens is 214 g/mol. The van der Waals surface area contributed by atoms with Gasteiger partial charge in [0.15, 0.2) is 0 Å². The monoisotopic (exact) mass is 223 g/mol. The zero-order valence-electron chi connectivity index (χ0n) is 8.41. The lowest BCUT2D eigenvalue weighted by molar-refractivity contribution is 0.393. The number of hydrogen-bond donors (Lipinski definition) is 1. The summed E-state index contributed by atoms with van der Waals surface area (Å²) in [5.74, 6) is 0.795. The number of benzene rings is 1. The second kappa shape index (κ2) is 3.59. The van der Waals surface area contributed by atoms with Gasteiger partial charge in [-0.05, 0) is 31.5 Å². The maximum absolute atomic E-state index is 9.50. The number of hydrogen-bond acceptors (Lipinski definition) is 3. The van der Waals surface area contributed by atoms with E-state index in [1.54, 1.807) is 12.1 Å². The minimum atomic E-state index is 0.0640. The third-order valence-electron chi connectivity index (χ3n) is 2.27. The molecule has 1 aromatic heterocycles. The van der Waals surface area contributed by atoms with Gasteiger partial charge in [-0.3, -0.25) is 0 Å². The Bertz CT molecular complexity index is 486. The Labute approximate surface area is 92.3 Å². The first kappa shape index (κ1) is 10.1. The van der Waals surface area contributed by atoms with Gasteiger partial charge in [0.25, 0.3) is 0 Å². The molecule has 1 N–H and O–H groups in total. The summed E-state index contributed by atoms with van der Waals surface area (Å²) in [6.07, 6.45) is 0. The van der Waals surface area contributed by atoms with Crippen molar-refractivity contribution in [2.45, 2.75) is 13.8 Å². The Morgan fingerprint density at radius 2 is 2.07 bits per heavy atom. The predicted molar refractivity (Wildman–Crippen MR) is 58.1 cm³/mol. The smallest absolute Gasteiger partial charge is 0.141 e. The summed E-state index contributed by atoms with van der Waals surface area (Å²) in [6.45, 7) is 3.69. The Morgan fingerprint density at radius 1 is 1.33 bits per heavy atom. The van der Waals surface area contributed by atoms with E-state index < -0.39 is 0 Å². The highest BCUT2D eigenvalue weighted by Gasteiger charge is 2.12. The first-order valence-electron chi connectivity index (χ1n) is 4.51. The topological polar surface area (TPSA) is 46.3 Å². The van der Waals surface area contributed by atoms with Crippen molar-refractivity contribution in [3.05, 3.63) is 34.7 Å². The van der Waals surface area contributed by atoms with Gasteiger partial charge in [0.2, 0.25) is 0 Å². The van der Waals surface area contributed by atoms with E-state index in [2.05, 4.69) is 5.16 Å². The average molecular weight is 224 g/mol. The van der Waals surface area contributed by atoms with E-state index in [1.165, 1.54) is 0 Å². The molecule has 3 nitrogen and oxygen atoms in total. The van der Waals surface area contributed by atoms with Gasteiger partial charge in [-0.1, -0.05) is 22.8 Å². The number of aryl methyl sites for hydroxylation is 2. The van der Waals surface area contributed by atoms with Crippen molar-refractivity contribution < 1.29 is 9.63 Å². The van der Waals surface area contributed by atoms with Gasteiger partial charge in [-0.25, -0.2) is 0 Å². The molecule has 0 fully saturated rings. The van der Waals surface area contributed by atoms with Crippen LogP contribution in [0.1, 0.15) is 11.5 Å². The second-order valence-corrected chi connectivity index (χ2v) is 3.77. The molecule has 4 heteroatoms. The van der Waals surface area contributed by atoms with Crippen molar-refractivity contribution in [3.63, 3.8) is 0 Å². The van der Waals surface area contributed by atoms with E-state index in [1.807, 2.05) is 19.9 Å². The molecule has 0 radical (unpaired) electrons. The lowest BCUT2D eigenvalue weighted by Gasteiger charge is -2.02. The third-order valence-corrected chi connectivity index (χ3v) is 2.59. The predicted octanol–water partition coefficient (Wildman–Crippen LogP) is 3.32. The van der Waals surface area contributed by atoms with Crippen LogP contribution in [0.4, 0.5) is 0 Å². The van der Waals surface area contributed by atoms with Crippen molar-refractivity contribution in [1.29, 1.82) is 0 Å². The fourth-order valence-electron chi connectivity index (χ4n) is 1.56. The SMILES string of the molecule is Cc1noc(C)c1-c1ccc(Cl)c(O)c1. The van der Waals surface area contributed by atoms with Gasteiger partial charge >= 0.3 is 0 Å². The van der Waals surface area contributed by atoms with Crippen LogP contribution in [0.25, 0.3) is 11.1 Å². The van der Waals surface area contributed by atoms with Crippen molar-refractivity contribution >= 4 is 11.6 Å². The average Bonchev–Trinajstić information content (AvgIpc) is 2.52. The third kappa shape index (κ3) is 1.70. The maximum Gasteiger partial charge on any atom is 0.141 e. The molecule has 0 atom stereocenters. The summed E-state index contributed by atoms with van der Waals surface area (Å²) >= 11 is 5.73. The van der Waals surface area contributed by atoms with Crippen molar-refractivity contribution in [2.24, 2.45) is 0 Å². The van der Waals surface area contributed by atoms with Gasteiger partial charge in [0, 0.05) is 5.56 Å². The Hall–Kier alpha value is -1.48. The van der Waals surface area contributed by atoms with E-state index in [9.17, 15) is 5.11 Å². The molecule has 0 aliphatic carbocycles. The van der Waals surface area contributed by atoms with E-state index in [4.69, 9.17) is 16.1 Å². The largest absolute Gasteiger partial charge is 0.506 e. The number of halogens is 1. The van der Waals surface area contributed by atoms with Crippen LogP contribution in [0, 0.1) is 13.8 Å². The van der Waals surface area contributed by atoms with E-state index >= 15 is 0 Å². The summed E-state index contributed by atoms with van der Waals surface area (Å²) in [5, 5.41) is 13.7. The molecule has 0 spiro atoms. The van der Waals surface area contributed by atoms with Gasteiger partial charge < -0.3 is 9.63 Å². The fourth-order valence-corrected chi connectivity index (χ4v) is 1.68. The van der Waals surface area contributed by atoms with E-state index in [0.717, 1.165) is 22.6 Å². The van der Waals surface area contributed by atoms with Gasteiger partial charge in [0.05, 0.1) is 10.7 Å². The summed E-state index contributed by atoms with van der Waals surface area (Å²) in [5.41, 5.74) is 2.56. The lowest BCUT2D eigenvalue weighted by atomic mass is 10.0. The van der Waals surface area contributed by atoms with Gasteiger partial charge in [-0.2, -0.15) is 0 Å². The van der Waals surface area contributed by atoms with Crippen LogP contribution in [0.5, 0.6) is 5.75 Å². The van der Waals surface area contributed by atoms with E-state index in [-0.39, 0.29) is 5.75 Å². The molecule has 2 aromatic rings. The molecule has 1 aromatic carbocycles. The zero-order valence-corrected chi connectivity index (χ0v) is 9.17. The highest BCUT2D eigenvalue weighted by Crippen LogP contribution is 2.32. The molecule has 1 heterocycles. The van der Waals surface area contributed by atoms with Crippen molar-refractivity contribution in [1.82, 2.24) is 5.16 Å². The lowest BCUT2D eigenvalue weighted by Crippen LogP contribution is -1.81. The summed E-state index contributed by atoms with van der Waals surface area (Å²) in [7, 11) is 0. The molecular formula is C11H10ClNO2. The van der Waals surface area contributed by atoms with Crippen LogP contribution in [-0.2, 0) is 0 Å². The first-order valence-corrected chi connectivity index (χ1v) is 4.89. The summed E-state index contributed by atoms with van der Waals surface area (Å²) in [4.78, 5) is 0.